The van der Waals surface area contributed by atoms with E-state index in [0.717, 1.165) is 0 Å². The molecule has 0 bridgehead atoms. The van der Waals surface area contributed by atoms with Crippen molar-refractivity contribution in [2.45, 2.75) is 13.8 Å². The van der Waals surface area contributed by atoms with Crippen molar-refractivity contribution in [3.8, 4) is 0 Å². The van der Waals surface area contributed by atoms with Crippen LogP contribution in [-0.2, 0) is 9.47 Å². The van der Waals surface area contributed by atoms with Crippen LogP contribution < -0.4 is 0 Å². The van der Waals surface area contributed by atoms with Crippen molar-refractivity contribution in [1.29, 1.82) is 0 Å². The molecule has 0 fully saturated rings. The van der Waals surface area contributed by atoms with Gasteiger partial charge in [0, 0.05) is 0 Å². The van der Waals surface area contributed by atoms with Gasteiger partial charge in [-0.15, -0.1) is 0 Å². The normalized spacial score (nSPS) is 9.60. The molecule has 0 aromatic carbocycles. The number of hydrogen-bond donors (Lipinski definition) is 0. The summed E-state index contributed by atoms with van der Waals surface area (Å²) in [6.07, 6.45) is -0.580. The molecular formula is C6H11IO3. The van der Waals surface area contributed by atoms with E-state index in [1.165, 1.54) is 0 Å². The summed E-state index contributed by atoms with van der Waals surface area (Å²) >= 11 is 1.94. The smallest absolute Gasteiger partial charge is 0.434 e. The molecule has 0 radical (unpaired) electrons. The minimum Gasteiger partial charge on any atom is -0.434 e. The molecule has 4 heteroatoms. The van der Waals surface area contributed by atoms with E-state index in [4.69, 9.17) is 0 Å². The molecule has 10 heavy (non-hydrogen) atoms. The Labute approximate surface area is 74.2 Å². The molecular weight excluding hydrogens is 247 g/mol. The van der Waals surface area contributed by atoms with Gasteiger partial charge in [-0.05, 0) is 28.5 Å². The first-order valence-electron chi connectivity index (χ1n) is 3.02. The zero-order chi connectivity index (χ0) is 7.98. The molecule has 0 rings (SSSR count). The third kappa shape index (κ3) is 6.12. The minimum atomic E-state index is -0.580. The van der Waals surface area contributed by atoms with Crippen LogP contribution in [0.4, 0.5) is 4.79 Å². The monoisotopic (exact) mass is 258 g/mol. The van der Waals surface area contributed by atoms with Crippen molar-refractivity contribution < 1.29 is 14.3 Å². The van der Waals surface area contributed by atoms with Gasteiger partial charge in [-0.3, -0.25) is 0 Å². The molecule has 0 N–H and O–H groups in total. The Morgan fingerprint density at radius 2 is 2.10 bits per heavy atom. The third-order valence-corrected chi connectivity index (χ3v) is 1.02. The van der Waals surface area contributed by atoms with E-state index in [0.29, 0.717) is 17.1 Å². The summed E-state index contributed by atoms with van der Waals surface area (Å²) in [7, 11) is 0. The van der Waals surface area contributed by atoms with E-state index in [9.17, 15) is 4.79 Å². The lowest BCUT2D eigenvalue weighted by atomic mass is 10.2. The van der Waals surface area contributed by atoms with E-state index in [1.54, 1.807) is 0 Å². The second-order valence-corrected chi connectivity index (χ2v) is 2.83. The van der Waals surface area contributed by atoms with Crippen LogP contribution in [0.25, 0.3) is 0 Å². The summed E-state index contributed by atoms with van der Waals surface area (Å²) in [4.78, 5) is 10.5. The molecule has 0 aliphatic carbocycles. The Morgan fingerprint density at radius 3 is 2.50 bits per heavy atom. The summed E-state index contributed by atoms with van der Waals surface area (Å²) in [6, 6.07) is 0. The van der Waals surface area contributed by atoms with E-state index in [1.807, 2.05) is 36.4 Å². The van der Waals surface area contributed by atoms with Crippen LogP contribution in [0.5, 0.6) is 0 Å². The van der Waals surface area contributed by atoms with E-state index in [2.05, 4.69) is 9.47 Å². The van der Waals surface area contributed by atoms with Gasteiger partial charge in [0.05, 0.1) is 6.61 Å². The summed E-state index contributed by atoms with van der Waals surface area (Å²) in [5, 5.41) is 0. The van der Waals surface area contributed by atoms with Crippen molar-refractivity contribution >= 4 is 28.7 Å². The SMILES string of the molecule is CC(C)COC(=O)OCI. The van der Waals surface area contributed by atoms with Gasteiger partial charge in [0.25, 0.3) is 0 Å². The van der Waals surface area contributed by atoms with Gasteiger partial charge in [-0.25, -0.2) is 4.79 Å². The van der Waals surface area contributed by atoms with E-state index >= 15 is 0 Å². The van der Waals surface area contributed by atoms with Crippen LogP contribution in [0.15, 0.2) is 0 Å². The molecule has 0 amide bonds. The molecule has 3 nitrogen and oxygen atoms in total. The first-order chi connectivity index (χ1) is 4.66. The van der Waals surface area contributed by atoms with Crippen molar-refractivity contribution in [2.24, 2.45) is 5.92 Å². The minimum absolute atomic E-state index is 0.342. The average molecular weight is 258 g/mol. The number of ether oxygens (including phenoxy) is 2. The molecule has 60 valence electrons. The summed E-state index contributed by atoms with van der Waals surface area (Å²) in [5.41, 5.74) is 0. The highest BCUT2D eigenvalue weighted by Crippen LogP contribution is 1.95. The molecule has 0 aromatic rings. The lowest BCUT2D eigenvalue weighted by Crippen LogP contribution is -2.10. The van der Waals surface area contributed by atoms with Gasteiger partial charge in [0.15, 0.2) is 0 Å². The van der Waals surface area contributed by atoms with Crippen molar-refractivity contribution in [1.82, 2.24) is 0 Å². The topological polar surface area (TPSA) is 35.5 Å². The molecule has 0 spiro atoms. The van der Waals surface area contributed by atoms with Crippen LogP contribution in [0.1, 0.15) is 13.8 Å². The van der Waals surface area contributed by atoms with Crippen LogP contribution >= 0.6 is 22.6 Å². The Hall–Kier alpha value is 0. The Bertz CT molecular complexity index is 103. The van der Waals surface area contributed by atoms with Gasteiger partial charge >= 0.3 is 6.16 Å². The first kappa shape index (κ1) is 10.0. The van der Waals surface area contributed by atoms with Gasteiger partial charge in [-0.2, -0.15) is 0 Å². The van der Waals surface area contributed by atoms with Gasteiger partial charge < -0.3 is 9.47 Å². The zero-order valence-electron chi connectivity index (χ0n) is 6.09. The van der Waals surface area contributed by atoms with E-state index in [-0.39, 0.29) is 0 Å². The molecule has 0 saturated heterocycles. The summed E-state index contributed by atoms with van der Waals surface area (Å²) in [6.45, 7) is 4.37. The largest absolute Gasteiger partial charge is 0.509 e. The zero-order valence-corrected chi connectivity index (χ0v) is 8.25. The number of alkyl halides is 1. The molecule has 0 saturated carbocycles. The third-order valence-electron chi connectivity index (χ3n) is 0.707. The predicted molar refractivity (Wildman–Crippen MR) is 46.2 cm³/mol. The van der Waals surface area contributed by atoms with Crippen LogP contribution in [-0.4, -0.2) is 17.4 Å². The lowest BCUT2D eigenvalue weighted by molar-refractivity contribution is 0.0620. The fourth-order valence-electron chi connectivity index (χ4n) is 0.321. The van der Waals surface area contributed by atoms with Crippen LogP contribution in [0, 0.1) is 5.92 Å². The Kier molecular flexibility index (Phi) is 5.76. The predicted octanol–water partition coefficient (Wildman–Crippen LogP) is 2.19. The fourth-order valence-corrected chi connectivity index (χ4v) is 0.575. The standard InChI is InChI=1S/C6H11IO3/c1-5(2)3-9-6(8)10-4-7/h5H,3-4H2,1-2H3. The Morgan fingerprint density at radius 1 is 1.50 bits per heavy atom. The van der Waals surface area contributed by atoms with E-state index < -0.39 is 6.16 Å². The van der Waals surface area contributed by atoms with Crippen molar-refractivity contribution in [3.63, 3.8) is 0 Å². The first-order valence-corrected chi connectivity index (χ1v) is 4.55. The van der Waals surface area contributed by atoms with Crippen LogP contribution in [0.2, 0.25) is 0 Å². The summed E-state index contributed by atoms with van der Waals surface area (Å²) in [5.74, 6) is 0.363. The average Bonchev–Trinajstić information content (AvgIpc) is 1.85. The highest BCUT2D eigenvalue weighted by molar-refractivity contribution is 14.1. The number of rotatable bonds is 3. The number of carbonyl (C=O) groups is 1. The second-order valence-electron chi connectivity index (χ2n) is 2.21. The molecule has 0 atom stereocenters. The van der Waals surface area contributed by atoms with Crippen LogP contribution in [0.3, 0.4) is 0 Å². The number of hydrogen-bond acceptors (Lipinski definition) is 3. The number of carbonyl (C=O) groups excluding carboxylic acids is 1. The maximum Gasteiger partial charge on any atom is 0.509 e. The van der Waals surface area contributed by atoms with Crippen molar-refractivity contribution in [3.05, 3.63) is 0 Å². The highest BCUT2D eigenvalue weighted by atomic mass is 127. The second kappa shape index (κ2) is 5.76. The van der Waals surface area contributed by atoms with Gasteiger partial charge in [0.2, 0.25) is 0 Å². The highest BCUT2D eigenvalue weighted by Gasteiger charge is 2.02. The fraction of sp³-hybridized carbons (Fsp3) is 0.833. The molecule has 0 unspecified atom stereocenters. The lowest BCUT2D eigenvalue weighted by Gasteiger charge is -2.05. The molecule has 0 heterocycles. The maximum absolute atomic E-state index is 10.5. The summed E-state index contributed by atoms with van der Waals surface area (Å²) < 4.78 is 9.54. The van der Waals surface area contributed by atoms with Gasteiger partial charge in [-0.1, -0.05) is 13.8 Å². The van der Waals surface area contributed by atoms with Crippen molar-refractivity contribution in [2.75, 3.05) is 11.2 Å². The Balaban J connectivity index is 3.22. The van der Waals surface area contributed by atoms with Gasteiger partial charge in [0.1, 0.15) is 4.61 Å². The number of halogens is 1. The maximum atomic E-state index is 10.5. The molecule has 0 aliphatic rings. The quantitative estimate of drug-likeness (QED) is 0.442. The molecule has 0 aromatic heterocycles. The molecule has 0 aliphatic heterocycles.